The first-order chi connectivity index (χ1) is 19.4. The lowest BCUT2D eigenvalue weighted by molar-refractivity contribution is -0.124. The van der Waals surface area contributed by atoms with Gasteiger partial charge in [-0.15, -0.1) is 11.3 Å². The fourth-order valence-corrected chi connectivity index (χ4v) is 6.76. The van der Waals surface area contributed by atoms with Crippen molar-refractivity contribution in [2.75, 3.05) is 65.4 Å². The van der Waals surface area contributed by atoms with Crippen LogP contribution in [0, 0.1) is 0 Å². The molecule has 0 unspecified atom stereocenters. The Kier molecular flexibility index (Phi) is 8.83. The molecule has 3 aromatic rings. The molecule has 2 aliphatic heterocycles. The molecule has 1 saturated heterocycles. The first kappa shape index (κ1) is 28.3. The Labute approximate surface area is 244 Å². The molecule has 0 radical (unpaired) electrons. The highest BCUT2D eigenvalue weighted by molar-refractivity contribution is 7.10. The van der Waals surface area contributed by atoms with Crippen LogP contribution >= 0.6 is 22.9 Å². The number of nitrogens with one attached hydrogen (secondary N) is 1. The van der Waals surface area contributed by atoms with Crippen LogP contribution in [0.1, 0.15) is 39.2 Å². The molecule has 8 nitrogen and oxygen atoms in total. The Morgan fingerprint density at radius 3 is 2.48 bits per heavy atom. The number of ether oxygens (including phenoxy) is 2. The van der Waals surface area contributed by atoms with Crippen LogP contribution in [-0.4, -0.2) is 82.1 Å². The molecule has 1 fully saturated rings. The van der Waals surface area contributed by atoms with E-state index in [1.165, 1.54) is 7.11 Å². The summed E-state index contributed by atoms with van der Waals surface area (Å²) in [4.78, 5) is 34.6. The summed E-state index contributed by atoms with van der Waals surface area (Å²) in [5.74, 6) is 0.148. The quantitative estimate of drug-likeness (QED) is 0.370. The summed E-state index contributed by atoms with van der Waals surface area (Å²) < 4.78 is 11.0. The lowest BCUT2D eigenvalue weighted by atomic mass is 9.81. The minimum absolute atomic E-state index is 0.100. The molecule has 2 aliphatic rings. The number of carbonyl (C=O) groups is 2. The zero-order chi connectivity index (χ0) is 28.2. The zero-order valence-corrected chi connectivity index (χ0v) is 24.6. The van der Waals surface area contributed by atoms with Crippen LogP contribution in [0.5, 0.6) is 11.5 Å². The number of rotatable bonds is 9. The number of nitrogens with zero attached hydrogens (tertiary/aromatic N) is 3. The number of thiophene rings is 1. The monoisotopic (exact) mass is 582 g/mol. The summed E-state index contributed by atoms with van der Waals surface area (Å²) in [6, 6.07) is 15.0. The maximum absolute atomic E-state index is 13.8. The smallest absolute Gasteiger partial charge is 0.254 e. The summed E-state index contributed by atoms with van der Waals surface area (Å²) in [6.45, 7) is 5.28. The van der Waals surface area contributed by atoms with E-state index in [0.717, 1.165) is 54.7 Å². The van der Waals surface area contributed by atoms with Crippen molar-refractivity contribution in [2.45, 2.75) is 18.4 Å². The van der Waals surface area contributed by atoms with E-state index in [1.54, 1.807) is 42.5 Å². The van der Waals surface area contributed by atoms with Gasteiger partial charge in [0, 0.05) is 60.9 Å². The van der Waals surface area contributed by atoms with Crippen molar-refractivity contribution in [3.8, 4) is 11.5 Å². The third-order valence-corrected chi connectivity index (χ3v) is 8.97. The number of amides is 2. The molecule has 3 heterocycles. The van der Waals surface area contributed by atoms with E-state index in [9.17, 15) is 9.59 Å². The van der Waals surface area contributed by atoms with Crippen LogP contribution in [0.3, 0.4) is 0 Å². The molecule has 5 rings (SSSR count). The van der Waals surface area contributed by atoms with Gasteiger partial charge < -0.3 is 24.6 Å². The van der Waals surface area contributed by atoms with Crippen LogP contribution in [0.4, 0.5) is 5.69 Å². The summed E-state index contributed by atoms with van der Waals surface area (Å²) in [6.07, 6.45) is 0.840. The average molecular weight is 583 g/mol. The van der Waals surface area contributed by atoms with E-state index in [2.05, 4.69) is 21.2 Å². The van der Waals surface area contributed by atoms with Gasteiger partial charge in [-0.1, -0.05) is 23.7 Å². The van der Waals surface area contributed by atoms with Gasteiger partial charge in [0.05, 0.1) is 26.2 Å². The normalized spacial score (nSPS) is 19.4. The molecule has 0 bridgehead atoms. The number of likely N-dealkylation sites (N-methyl/N-ethyl adjacent to an activating group) is 1. The lowest BCUT2D eigenvalue weighted by Crippen LogP contribution is -2.47. The average Bonchev–Trinajstić information content (AvgIpc) is 3.51. The summed E-state index contributed by atoms with van der Waals surface area (Å²) in [5, 5.41) is 5.90. The Bertz CT molecular complexity index is 1340. The largest absolute Gasteiger partial charge is 0.493 e. The first-order valence-corrected chi connectivity index (χ1v) is 14.7. The number of piperazine rings is 1. The molecule has 0 spiro atoms. The van der Waals surface area contributed by atoms with Crippen LogP contribution in [-0.2, 0) is 4.79 Å². The van der Waals surface area contributed by atoms with E-state index in [0.29, 0.717) is 29.2 Å². The number of hydrogen-bond donors (Lipinski definition) is 1. The van der Waals surface area contributed by atoms with Crippen molar-refractivity contribution in [3.63, 3.8) is 0 Å². The molecule has 2 atom stereocenters. The number of halogens is 1. The van der Waals surface area contributed by atoms with Crippen LogP contribution in [0.2, 0.25) is 5.02 Å². The number of hydrogen-bond acceptors (Lipinski definition) is 7. The van der Waals surface area contributed by atoms with Gasteiger partial charge in [0.2, 0.25) is 5.91 Å². The minimum Gasteiger partial charge on any atom is -0.493 e. The van der Waals surface area contributed by atoms with Crippen molar-refractivity contribution in [1.29, 1.82) is 0 Å². The Hall–Kier alpha value is -3.27. The van der Waals surface area contributed by atoms with Gasteiger partial charge in [-0.3, -0.25) is 14.5 Å². The Morgan fingerprint density at radius 2 is 1.80 bits per heavy atom. The number of methoxy groups -OCH3 is 2. The highest BCUT2D eigenvalue weighted by Gasteiger charge is 2.44. The van der Waals surface area contributed by atoms with E-state index in [1.807, 2.05) is 35.7 Å². The lowest BCUT2D eigenvalue weighted by Gasteiger charge is -2.39. The second-order valence-corrected chi connectivity index (χ2v) is 11.5. The first-order valence-electron chi connectivity index (χ1n) is 13.5. The van der Waals surface area contributed by atoms with Gasteiger partial charge in [-0.2, -0.15) is 0 Å². The van der Waals surface area contributed by atoms with Crippen molar-refractivity contribution < 1.29 is 19.1 Å². The van der Waals surface area contributed by atoms with E-state index in [-0.39, 0.29) is 11.8 Å². The molecule has 1 N–H and O–H groups in total. The molecule has 212 valence electrons. The van der Waals surface area contributed by atoms with Crippen LogP contribution in [0.15, 0.2) is 53.9 Å². The predicted molar refractivity (Wildman–Crippen MR) is 159 cm³/mol. The molecule has 0 saturated carbocycles. The maximum atomic E-state index is 13.8. The fraction of sp³-hybridized carbons (Fsp3) is 0.400. The molecule has 2 amide bonds. The molecular formula is C30H35ClN4O4S. The minimum atomic E-state index is -0.572. The maximum Gasteiger partial charge on any atom is 0.254 e. The van der Waals surface area contributed by atoms with Crippen molar-refractivity contribution in [3.05, 3.63) is 74.9 Å². The fourth-order valence-electron chi connectivity index (χ4n) is 5.67. The highest BCUT2D eigenvalue weighted by atomic mass is 35.5. The molecule has 2 aromatic carbocycles. The van der Waals surface area contributed by atoms with E-state index < -0.39 is 12.0 Å². The van der Waals surface area contributed by atoms with Gasteiger partial charge in [0.25, 0.3) is 5.91 Å². The van der Waals surface area contributed by atoms with Crippen molar-refractivity contribution in [2.24, 2.45) is 0 Å². The molecule has 10 heteroatoms. The predicted octanol–water partition coefficient (Wildman–Crippen LogP) is 4.66. The molecule has 40 heavy (non-hydrogen) atoms. The third-order valence-electron chi connectivity index (χ3n) is 7.79. The summed E-state index contributed by atoms with van der Waals surface area (Å²) in [7, 11) is 4.86. The van der Waals surface area contributed by atoms with E-state index >= 15 is 0 Å². The highest BCUT2D eigenvalue weighted by Crippen LogP contribution is 2.46. The van der Waals surface area contributed by atoms with Crippen LogP contribution < -0.4 is 19.7 Å². The summed E-state index contributed by atoms with van der Waals surface area (Å²) >= 11 is 7.71. The molecular weight excluding hydrogens is 548 g/mol. The number of anilines is 1. The number of fused-ring (bicyclic) bond motifs is 1. The van der Waals surface area contributed by atoms with Gasteiger partial charge in [-0.05, 0) is 60.3 Å². The Morgan fingerprint density at radius 1 is 1.05 bits per heavy atom. The number of benzene rings is 2. The Balaban J connectivity index is 1.25. The van der Waals surface area contributed by atoms with Crippen molar-refractivity contribution in [1.82, 2.24) is 15.1 Å². The topological polar surface area (TPSA) is 74.4 Å². The standard InChI is InChI=1S/C30H35ClN4O4S/c1-33-28(26-9-5-16-40-26)27(22-18-24(38-2)25(39-3)19-23(22)30(33)37)29(36)32-10-6-11-34-12-14-35(15-13-34)21-8-4-7-20(31)17-21/h4-5,7-9,16-19,27-28H,6,10-15H2,1-3H3,(H,32,36)/t27-,28+/m0/s1. The van der Waals surface area contributed by atoms with Gasteiger partial charge >= 0.3 is 0 Å². The van der Waals surface area contributed by atoms with Gasteiger partial charge in [-0.25, -0.2) is 0 Å². The second-order valence-electron chi connectivity index (χ2n) is 10.1. The summed E-state index contributed by atoms with van der Waals surface area (Å²) in [5.41, 5.74) is 2.28. The SMILES string of the molecule is COc1cc2c(cc1OC)[C@H](C(=O)NCCCN1CCN(c3cccc(Cl)c3)CC1)[C@@H](c1cccs1)N(C)C2=O. The third kappa shape index (κ3) is 5.77. The number of carbonyl (C=O) groups excluding carboxylic acids is 2. The van der Waals surface area contributed by atoms with Gasteiger partial charge in [0.1, 0.15) is 0 Å². The van der Waals surface area contributed by atoms with Crippen LogP contribution in [0.25, 0.3) is 0 Å². The van der Waals surface area contributed by atoms with Crippen molar-refractivity contribution >= 4 is 40.4 Å². The second kappa shape index (κ2) is 12.5. The van der Waals surface area contributed by atoms with Gasteiger partial charge in [0.15, 0.2) is 11.5 Å². The van der Waals surface area contributed by atoms with E-state index in [4.69, 9.17) is 21.1 Å². The zero-order valence-electron chi connectivity index (χ0n) is 23.1. The molecule has 1 aromatic heterocycles. The molecule has 0 aliphatic carbocycles.